The molecule has 0 aromatic heterocycles. The Morgan fingerprint density at radius 1 is 1.44 bits per heavy atom. The van der Waals surface area contributed by atoms with E-state index in [9.17, 15) is 18.0 Å². The van der Waals surface area contributed by atoms with Gasteiger partial charge in [-0.25, -0.2) is 9.18 Å². The van der Waals surface area contributed by atoms with Gasteiger partial charge >= 0.3 is 12.3 Å². The number of halogens is 3. The summed E-state index contributed by atoms with van der Waals surface area (Å²) >= 11 is 0. The highest BCUT2D eigenvalue weighted by Crippen LogP contribution is 2.44. The lowest BCUT2D eigenvalue weighted by atomic mass is 10.1. The molecular weight excluding hydrogens is 229 g/mol. The maximum absolute atomic E-state index is 13.5. The Kier molecular flexibility index (Phi) is 2.01. The van der Waals surface area contributed by atoms with Gasteiger partial charge in [-0.15, -0.1) is 8.78 Å². The second kappa shape index (κ2) is 3.03. The normalized spacial score (nSPS) is 16.2. The average molecular weight is 234 g/mol. The van der Waals surface area contributed by atoms with Crippen LogP contribution in [0, 0.1) is 12.7 Å². The molecule has 16 heavy (non-hydrogen) atoms. The van der Waals surface area contributed by atoms with Crippen LogP contribution in [0.5, 0.6) is 11.5 Å². The molecule has 1 aromatic carbocycles. The third kappa shape index (κ3) is 1.44. The third-order valence-electron chi connectivity index (χ3n) is 2.05. The van der Waals surface area contributed by atoms with Gasteiger partial charge in [0.25, 0.3) is 0 Å². The van der Waals surface area contributed by atoms with E-state index in [4.69, 9.17) is 5.11 Å². The molecule has 0 bridgehead atoms. The largest absolute Gasteiger partial charge is 0.586 e. The Labute approximate surface area is 87.2 Å². The molecule has 0 fully saturated rings. The van der Waals surface area contributed by atoms with Crippen molar-refractivity contribution in [1.82, 2.24) is 0 Å². The van der Waals surface area contributed by atoms with E-state index in [0.29, 0.717) is 0 Å². The van der Waals surface area contributed by atoms with Crippen molar-refractivity contribution in [1.29, 1.82) is 0 Å². The predicted octanol–water partition coefficient (Wildman–Crippen LogP) is 2.15. The van der Waals surface area contributed by atoms with E-state index in [2.05, 4.69) is 9.47 Å². The fourth-order valence-electron chi connectivity index (χ4n) is 1.43. The first kappa shape index (κ1) is 10.6. The van der Waals surface area contributed by atoms with Crippen molar-refractivity contribution in [3.8, 4) is 11.5 Å². The first-order valence-corrected chi connectivity index (χ1v) is 4.14. The molecule has 0 aliphatic carbocycles. The molecule has 7 heteroatoms. The van der Waals surface area contributed by atoms with Crippen LogP contribution in [0.3, 0.4) is 0 Å². The van der Waals surface area contributed by atoms with Gasteiger partial charge in [0.2, 0.25) is 5.75 Å². The van der Waals surface area contributed by atoms with Gasteiger partial charge < -0.3 is 14.6 Å². The number of carbonyl (C=O) groups is 1. The SMILES string of the molecule is Cc1cc2c(c(F)c1C(=O)O)OC(F)(F)O2. The van der Waals surface area contributed by atoms with E-state index in [1.54, 1.807) is 0 Å². The molecule has 0 saturated carbocycles. The summed E-state index contributed by atoms with van der Waals surface area (Å²) < 4.78 is 46.6. The van der Waals surface area contributed by atoms with E-state index < -0.39 is 35.1 Å². The number of fused-ring (bicyclic) bond motifs is 1. The molecule has 2 rings (SSSR count). The first-order valence-electron chi connectivity index (χ1n) is 4.14. The maximum atomic E-state index is 13.5. The summed E-state index contributed by atoms with van der Waals surface area (Å²) in [6.07, 6.45) is -3.97. The van der Waals surface area contributed by atoms with Crippen LogP contribution < -0.4 is 9.47 Å². The van der Waals surface area contributed by atoms with Crippen LogP contribution in [0.4, 0.5) is 13.2 Å². The number of aromatic carboxylic acids is 1. The van der Waals surface area contributed by atoms with Gasteiger partial charge in [-0.1, -0.05) is 0 Å². The fourth-order valence-corrected chi connectivity index (χ4v) is 1.43. The molecule has 1 aliphatic heterocycles. The number of benzene rings is 1. The van der Waals surface area contributed by atoms with E-state index in [0.717, 1.165) is 6.07 Å². The van der Waals surface area contributed by atoms with Crippen LogP contribution in [0.15, 0.2) is 6.07 Å². The van der Waals surface area contributed by atoms with Crippen molar-refractivity contribution < 1.29 is 32.5 Å². The summed E-state index contributed by atoms with van der Waals surface area (Å²) in [5.41, 5.74) is -0.731. The molecule has 0 atom stereocenters. The lowest BCUT2D eigenvalue weighted by Gasteiger charge is -2.05. The molecule has 4 nitrogen and oxygen atoms in total. The number of ether oxygens (including phenoxy) is 2. The van der Waals surface area contributed by atoms with Crippen molar-refractivity contribution >= 4 is 5.97 Å². The molecule has 86 valence electrons. The molecule has 0 unspecified atom stereocenters. The number of carboxylic acid groups (broad SMARTS) is 1. The molecule has 1 N–H and O–H groups in total. The van der Waals surface area contributed by atoms with E-state index in [-0.39, 0.29) is 5.56 Å². The van der Waals surface area contributed by atoms with Crippen molar-refractivity contribution in [2.75, 3.05) is 0 Å². The molecule has 1 heterocycles. The highest BCUT2D eigenvalue weighted by atomic mass is 19.3. The number of aryl methyl sites for hydroxylation is 1. The molecule has 0 radical (unpaired) electrons. The second-order valence-corrected chi connectivity index (χ2v) is 3.18. The number of hydrogen-bond acceptors (Lipinski definition) is 3. The summed E-state index contributed by atoms with van der Waals surface area (Å²) in [7, 11) is 0. The standard InChI is InChI=1S/C9H5F3O4/c1-3-2-4-7(16-9(11,12)15-4)6(10)5(3)8(13)14/h2H,1H3,(H,13,14). The summed E-state index contributed by atoms with van der Waals surface area (Å²) in [6, 6.07) is 0.989. The van der Waals surface area contributed by atoms with Crippen molar-refractivity contribution in [3.63, 3.8) is 0 Å². The third-order valence-corrected chi connectivity index (χ3v) is 2.05. The van der Waals surface area contributed by atoms with Crippen molar-refractivity contribution in [2.24, 2.45) is 0 Å². The topological polar surface area (TPSA) is 55.8 Å². The molecule has 0 spiro atoms. The zero-order valence-corrected chi connectivity index (χ0v) is 7.88. The molecule has 0 amide bonds. The Morgan fingerprint density at radius 3 is 2.62 bits per heavy atom. The van der Waals surface area contributed by atoms with Gasteiger partial charge in [0.05, 0.1) is 0 Å². The zero-order chi connectivity index (χ0) is 12.1. The Balaban J connectivity index is 2.63. The summed E-state index contributed by atoms with van der Waals surface area (Å²) in [6.45, 7) is 1.27. The number of carboxylic acids is 1. The number of rotatable bonds is 1. The van der Waals surface area contributed by atoms with Crippen LogP contribution in [-0.4, -0.2) is 17.4 Å². The Bertz CT molecular complexity index is 484. The van der Waals surface area contributed by atoms with Crippen molar-refractivity contribution in [2.45, 2.75) is 13.2 Å². The quantitative estimate of drug-likeness (QED) is 0.808. The molecular formula is C9H5F3O4. The van der Waals surface area contributed by atoms with Gasteiger partial charge in [-0.3, -0.25) is 0 Å². The minimum absolute atomic E-state index is 0.0231. The van der Waals surface area contributed by atoms with Crippen LogP contribution in [0.2, 0.25) is 0 Å². The number of hydrogen-bond donors (Lipinski definition) is 1. The smallest absolute Gasteiger partial charge is 0.478 e. The Hall–Kier alpha value is -1.92. The van der Waals surface area contributed by atoms with Gasteiger partial charge in [0, 0.05) is 0 Å². The lowest BCUT2D eigenvalue weighted by molar-refractivity contribution is -0.287. The Morgan fingerprint density at radius 2 is 2.06 bits per heavy atom. The van der Waals surface area contributed by atoms with Crippen LogP contribution in [-0.2, 0) is 0 Å². The highest BCUT2D eigenvalue weighted by Gasteiger charge is 2.46. The van der Waals surface area contributed by atoms with Crippen LogP contribution in [0.1, 0.15) is 15.9 Å². The second-order valence-electron chi connectivity index (χ2n) is 3.18. The van der Waals surface area contributed by atoms with E-state index >= 15 is 0 Å². The summed E-state index contributed by atoms with van der Waals surface area (Å²) in [4.78, 5) is 10.7. The monoisotopic (exact) mass is 234 g/mol. The van der Waals surface area contributed by atoms with Gasteiger partial charge in [-0.05, 0) is 18.6 Å². The zero-order valence-electron chi connectivity index (χ0n) is 7.88. The molecule has 1 aromatic rings. The summed E-state index contributed by atoms with van der Waals surface area (Å²) in [5.74, 6) is -4.31. The number of alkyl halides is 2. The fraction of sp³-hybridized carbons (Fsp3) is 0.222. The average Bonchev–Trinajstić information content (AvgIpc) is 2.39. The van der Waals surface area contributed by atoms with Gasteiger partial charge in [0.15, 0.2) is 11.6 Å². The predicted molar refractivity (Wildman–Crippen MR) is 44.3 cm³/mol. The van der Waals surface area contributed by atoms with E-state index in [1.165, 1.54) is 6.92 Å². The maximum Gasteiger partial charge on any atom is 0.586 e. The lowest BCUT2D eigenvalue weighted by Crippen LogP contribution is -2.26. The van der Waals surface area contributed by atoms with Crippen LogP contribution in [0.25, 0.3) is 0 Å². The molecule has 0 saturated heterocycles. The van der Waals surface area contributed by atoms with Gasteiger partial charge in [-0.2, -0.15) is 0 Å². The van der Waals surface area contributed by atoms with Crippen molar-refractivity contribution in [3.05, 3.63) is 23.0 Å². The first-order chi connectivity index (χ1) is 7.32. The minimum Gasteiger partial charge on any atom is -0.478 e. The molecule has 1 aliphatic rings. The van der Waals surface area contributed by atoms with E-state index in [1.807, 2.05) is 0 Å². The van der Waals surface area contributed by atoms with Crippen LogP contribution >= 0.6 is 0 Å². The summed E-state index contributed by atoms with van der Waals surface area (Å²) in [5, 5.41) is 8.68. The highest BCUT2D eigenvalue weighted by molar-refractivity contribution is 5.90. The minimum atomic E-state index is -3.97. The van der Waals surface area contributed by atoms with Gasteiger partial charge in [0.1, 0.15) is 5.56 Å².